The van der Waals surface area contributed by atoms with Crippen LogP contribution in [0, 0.1) is 0 Å². The van der Waals surface area contributed by atoms with Crippen LogP contribution in [0.2, 0.25) is 0 Å². The third-order valence-corrected chi connectivity index (χ3v) is 4.66. The largest absolute Gasteiger partial charge is 0.462 e. The lowest BCUT2D eigenvalue weighted by Crippen LogP contribution is -2.37. The standard InChI is InChI=1S/C20H21NO3/c1-4-24-18(22)15-11-9-14(10-12-15)13-20(2)16-7-5-6-8-17(16)21(3)19(20)23/h5-12H,4,13H2,1-3H3. The van der Waals surface area contributed by atoms with Crippen LogP contribution in [0.1, 0.15) is 35.3 Å². The van der Waals surface area contributed by atoms with Gasteiger partial charge in [0.15, 0.2) is 0 Å². The summed E-state index contributed by atoms with van der Waals surface area (Å²) >= 11 is 0. The van der Waals surface area contributed by atoms with Crippen molar-refractivity contribution < 1.29 is 14.3 Å². The summed E-state index contributed by atoms with van der Waals surface area (Å²) in [7, 11) is 1.82. The maximum absolute atomic E-state index is 12.8. The summed E-state index contributed by atoms with van der Waals surface area (Å²) in [5, 5.41) is 0. The predicted octanol–water partition coefficient (Wildman–Crippen LogP) is 3.34. The molecule has 0 N–H and O–H groups in total. The lowest BCUT2D eigenvalue weighted by Gasteiger charge is -2.23. The van der Waals surface area contributed by atoms with Gasteiger partial charge in [-0.1, -0.05) is 30.3 Å². The van der Waals surface area contributed by atoms with E-state index in [0.717, 1.165) is 16.8 Å². The van der Waals surface area contributed by atoms with Crippen molar-refractivity contribution in [2.45, 2.75) is 25.7 Å². The second kappa shape index (κ2) is 6.11. The van der Waals surface area contributed by atoms with Gasteiger partial charge in [-0.2, -0.15) is 0 Å². The molecule has 4 nitrogen and oxygen atoms in total. The van der Waals surface area contributed by atoms with Gasteiger partial charge in [0.05, 0.1) is 17.6 Å². The van der Waals surface area contributed by atoms with Crippen molar-refractivity contribution in [2.24, 2.45) is 0 Å². The van der Waals surface area contributed by atoms with Crippen LogP contribution in [-0.2, 0) is 21.4 Å². The summed E-state index contributed by atoms with van der Waals surface area (Å²) in [5.41, 5.74) is 2.97. The molecule has 124 valence electrons. The van der Waals surface area contributed by atoms with Crippen molar-refractivity contribution in [3.63, 3.8) is 0 Å². The molecule has 1 aliphatic heterocycles. The second-order valence-electron chi connectivity index (χ2n) is 6.31. The number of esters is 1. The molecule has 0 aromatic heterocycles. The maximum atomic E-state index is 12.8. The third kappa shape index (κ3) is 2.58. The average molecular weight is 323 g/mol. The van der Waals surface area contributed by atoms with Crippen molar-refractivity contribution in [3.05, 3.63) is 65.2 Å². The van der Waals surface area contributed by atoms with Crippen molar-refractivity contribution in [2.75, 3.05) is 18.6 Å². The summed E-state index contributed by atoms with van der Waals surface area (Å²) in [6, 6.07) is 15.2. The zero-order valence-corrected chi connectivity index (χ0v) is 14.2. The first-order valence-corrected chi connectivity index (χ1v) is 8.11. The Bertz CT molecular complexity index is 782. The minimum Gasteiger partial charge on any atom is -0.462 e. The van der Waals surface area contributed by atoms with Gasteiger partial charge in [0, 0.05) is 12.7 Å². The van der Waals surface area contributed by atoms with Gasteiger partial charge >= 0.3 is 5.97 Å². The van der Waals surface area contributed by atoms with Crippen molar-refractivity contribution in [1.29, 1.82) is 0 Å². The highest BCUT2D eigenvalue weighted by Gasteiger charge is 2.45. The molecule has 24 heavy (non-hydrogen) atoms. The Morgan fingerprint density at radius 3 is 2.46 bits per heavy atom. The number of para-hydroxylation sites is 1. The number of amides is 1. The van der Waals surface area contributed by atoms with Crippen LogP contribution < -0.4 is 4.90 Å². The fourth-order valence-electron chi connectivity index (χ4n) is 3.38. The highest BCUT2D eigenvalue weighted by atomic mass is 16.5. The summed E-state index contributed by atoms with van der Waals surface area (Å²) in [5.74, 6) is -0.226. The minimum atomic E-state index is -0.587. The van der Waals surface area contributed by atoms with Gasteiger partial charge in [0.1, 0.15) is 0 Å². The summed E-state index contributed by atoms with van der Waals surface area (Å²) in [6.45, 7) is 4.12. The van der Waals surface area contributed by atoms with E-state index in [-0.39, 0.29) is 11.9 Å². The number of ether oxygens (including phenoxy) is 1. The molecule has 0 aliphatic carbocycles. The Labute approximate surface area is 142 Å². The number of rotatable bonds is 4. The molecule has 0 fully saturated rings. The Kier molecular flexibility index (Phi) is 4.14. The minimum absolute atomic E-state index is 0.0955. The fraction of sp³-hybridized carbons (Fsp3) is 0.300. The molecule has 0 bridgehead atoms. The maximum Gasteiger partial charge on any atom is 0.338 e. The van der Waals surface area contributed by atoms with Crippen LogP contribution in [0.5, 0.6) is 0 Å². The van der Waals surface area contributed by atoms with Crippen LogP contribution in [0.15, 0.2) is 48.5 Å². The van der Waals surface area contributed by atoms with E-state index in [1.807, 2.05) is 50.4 Å². The molecule has 3 rings (SSSR count). The number of anilines is 1. The fourth-order valence-corrected chi connectivity index (χ4v) is 3.38. The molecular weight excluding hydrogens is 302 g/mol. The van der Waals surface area contributed by atoms with Gasteiger partial charge in [0.2, 0.25) is 5.91 Å². The average Bonchev–Trinajstić information content (AvgIpc) is 2.78. The van der Waals surface area contributed by atoms with E-state index in [1.165, 1.54) is 0 Å². The van der Waals surface area contributed by atoms with E-state index in [1.54, 1.807) is 24.0 Å². The van der Waals surface area contributed by atoms with E-state index in [0.29, 0.717) is 18.6 Å². The van der Waals surface area contributed by atoms with Crippen LogP contribution in [0.25, 0.3) is 0 Å². The Morgan fingerprint density at radius 2 is 1.79 bits per heavy atom. The monoisotopic (exact) mass is 323 g/mol. The lowest BCUT2D eigenvalue weighted by molar-refractivity contribution is -0.122. The first-order valence-electron chi connectivity index (χ1n) is 8.11. The van der Waals surface area contributed by atoms with E-state index >= 15 is 0 Å². The molecular formula is C20H21NO3. The van der Waals surface area contributed by atoms with Crippen LogP contribution in [0.3, 0.4) is 0 Å². The van der Waals surface area contributed by atoms with Crippen LogP contribution >= 0.6 is 0 Å². The highest BCUT2D eigenvalue weighted by Crippen LogP contribution is 2.42. The molecule has 0 spiro atoms. The number of hydrogen-bond acceptors (Lipinski definition) is 3. The smallest absolute Gasteiger partial charge is 0.338 e. The summed E-state index contributed by atoms with van der Waals surface area (Å²) in [6.07, 6.45) is 0.594. The zero-order chi connectivity index (χ0) is 17.3. The SMILES string of the molecule is CCOC(=O)c1ccc(CC2(C)C(=O)N(C)c3ccccc32)cc1. The number of hydrogen-bond donors (Lipinski definition) is 0. The Hall–Kier alpha value is -2.62. The van der Waals surface area contributed by atoms with E-state index in [9.17, 15) is 9.59 Å². The van der Waals surface area contributed by atoms with E-state index in [4.69, 9.17) is 4.74 Å². The lowest BCUT2D eigenvalue weighted by atomic mass is 9.78. The normalized spacial score (nSPS) is 19.3. The van der Waals surface area contributed by atoms with Crippen molar-refractivity contribution >= 4 is 17.6 Å². The highest BCUT2D eigenvalue weighted by molar-refractivity contribution is 6.07. The van der Waals surface area contributed by atoms with Crippen LogP contribution in [0.4, 0.5) is 5.69 Å². The number of carbonyl (C=O) groups is 2. The van der Waals surface area contributed by atoms with E-state index in [2.05, 4.69) is 0 Å². The van der Waals surface area contributed by atoms with Crippen LogP contribution in [-0.4, -0.2) is 25.5 Å². The van der Waals surface area contributed by atoms with Gasteiger partial charge in [-0.3, -0.25) is 4.79 Å². The van der Waals surface area contributed by atoms with Crippen molar-refractivity contribution in [3.8, 4) is 0 Å². The molecule has 1 heterocycles. The topological polar surface area (TPSA) is 46.6 Å². The molecule has 4 heteroatoms. The molecule has 2 aromatic rings. The van der Waals surface area contributed by atoms with Gasteiger partial charge < -0.3 is 9.64 Å². The number of likely N-dealkylation sites (N-methyl/N-ethyl adjacent to an activating group) is 1. The number of fused-ring (bicyclic) bond motifs is 1. The Balaban J connectivity index is 1.88. The zero-order valence-electron chi connectivity index (χ0n) is 14.2. The molecule has 1 amide bonds. The molecule has 1 aliphatic rings. The molecule has 0 saturated carbocycles. The molecule has 0 saturated heterocycles. The number of benzene rings is 2. The predicted molar refractivity (Wildman–Crippen MR) is 93.3 cm³/mol. The first-order chi connectivity index (χ1) is 11.5. The van der Waals surface area contributed by atoms with Crippen molar-refractivity contribution in [1.82, 2.24) is 0 Å². The summed E-state index contributed by atoms with van der Waals surface area (Å²) < 4.78 is 5.00. The first kappa shape index (κ1) is 16.2. The van der Waals surface area contributed by atoms with Gasteiger partial charge in [0.25, 0.3) is 0 Å². The molecule has 1 unspecified atom stereocenters. The third-order valence-electron chi connectivity index (χ3n) is 4.66. The number of nitrogens with zero attached hydrogens (tertiary/aromatic N) is 1. The van der Waals surface area contributed by atoms with Gasteiger partial charge in [-0.25, -0.2) is 4.79 Å². The summed E-state index contributed by atoms with van der Waals surface area (Å²) in [4.78, 5) is 26.3. The molecule has 0 radical (unpaired) electrons. The van der Waals surface area contributed by atoms with E-state index < -0.39 is 5.41 Å². The number of carbonyl (C=O) groups excluding carboxylic acids is 2. The van der Waals surface area contributed by atoms with Gasteiger partial charge in [-0.15, -0.1) is 0 Å². The van der Waals surface area contributed by atoms with Gasteiger partial charge in [-0.05, 0) is 49.6 Å². The second-order valence-corrected chi connectivity index (χ2v) is 6.31. The Morgan fingerprint density at radius 1 is 1.12 bits per heavy atom. The quantitative estimate of drug-likeness (QED) is 0.811. The molecule has 1 atom stereocenters. The molecule has 2 aromatic carbocycles.